The average Bonchev–Trinajstić information content (AvgIpc) is 3.01. The van der Waals surface area contributed by atoms with Gasteiger partial charge in [0.15, 0.2) is 0 Å². The molecule has 16 heavy (non-hydrogen) atoms. The molecule has 1 aliphatic rings. The first-order chi connectivity index (χ1) is 7.58. The van der Waals surface area contributed by atoms with Crippen LogP contribution in [0.5, 0.6) is 0 Å². The third-order valence-corrected chi connectivity index (χ3v) is 2.64. The van der Waals surface area contributed by atoms with E-state index in [1.54, 1.807) is 19.1 Å². The molecule has 0 amide bonds. The van der Waals surface area contributed by atoms with Crippen molar-refractivity contribution in [3.8, 4) is 0 Å². The minimum absolute atomic E-state index is 0.0327. The Morgan fingerprint density at radius 3 is 2.75 bits per heavy atom. The lowest BCUT2D eigenvalue weighted by molar-refractivity contribution is -0.384. The summed E-state index contributed by atoms with van der Waals surface area (Å²) in [5, 5.41) is 23.4. The molecule has 5 nitrogen and oxygen atoms in total. The SMILES string of the molecule is C[C@@H](O)c1ccc(NC2CC2)c([N+](=O)[O-])c1. The van der Waals surface area contributed by atoms with Crippen LogP contribution in [0.25, 0.3) is 0 Å². The average molecular weight is 222 g/mol. The summed E-state index contributed by atoms with van der Waals surface area (Å²) >= 11 is 0. The van der Waals surface area contributed by atoms with Crippen molar-refractivity contribution in [1.82, 2.24) is 0 Å². The molecule has 0 unspecified atom stereocenters. The summed E-state index contributed by atoms with van der Waals surface area (Å²) in [7, 11) is 0. The number of anilines is 1. The van der Waals surface area contributed by atoms with Crippen LogP contribution in [0.4, 0.5) is 11.4 Å². The van der Waals surface area contributed by atoms with Crippen molar-refractivity contribution in [2.24, 2.45) is 0 Å². The molecule has 1 aromatic carbocycles. The lowest BCUT2D eigenvalue weighted by atomic mass is 10.1. The van der Waals surface area contributed by atoms with Crippen molar-refractivity contribution >= 4 is 11.4 Å². The van der Waals surface area contributed by atoms with Crippen molar-refractivity contribution in [2.75, 3.05) is 5.32 Å². The van der Waals surface area contributed by atoms with Crippen LogP contribution < -0.4 is 5.32 Å². The van der Waals surface area contributed by atoms with Gasteiger partial charge in [-0.25, -0.2) is 0 Å². The van der Waals surface area contributed by atoms with Gasteiger partial charge in [0, 0.05) is 12.1 Å². The van der Waals surface area contributed by atoms with E-state index in [1.165, 1.54) is 6.07 Å². The maximum atomic E-state index is 10.9. The Balaban J connectivity index is 2.32. The van der Waals surface area contributed by atoms with E-state index in [1.807, 2.05) is 0 Å². The van der Waals surface area contributed by atoms with Gasteiger partial charge >= 0.3 is 0 Å². The molecule has 0 saturated heterocycles. The van der Waals surface area contributed by atoms with Gasteiger partial charge in [-0.3, -0.25) is 10.1 Å². The number of nitro benzene ring substituents is 1. The molecule has 1 atom stereocenters. The zero-order chi connectivity index (χ0) is 11.7. The number of nitro groups is 1. The molecule has 1 aliphatic carbocycles. The highest BCUT2D eigenvalue weighted by atomic mass is 16.6. The van der Waals surface area contributed by atoms with Crippen molar-refractivity contribution in [3.63, 3.8) is 0 Å². The van der Waals surface area contributed by atoms with Crippen LogP contribution in [0.15, 0.2) is 18.2 Å². The number of aliphatic hydroxyl groups excluding tert-OH is 1. The number of nitrogens with one attached hydrogen (secondary N) is 1. The molecule has 0 aliphatic heterocycles. The molecule has 1 saturated carbocycles. The molecule has 2 N–H and O–H groups in total. The zero-order valence-corrected chi connectivity index (χ0v) is 9.01. The molecular formula is C11H14N2O3. The van der Waals surface area contributed by atoms with Gasteiger partial charge in [-0.05, 0) is 31.4 Å². The summed E-state index contributed by atoms with van der Waals surface area (Å²) in [4.78, 5) is 10.5. The quantitative estimate of drug-likeness (QED) is 0.605. The van der Waals surface area contributed by atoms with Gasteiger partial charge in [-0.2, -0.15) is 0 Å². The summed E-state index contributed by atoms with van der Waals surface area (Å²) in [5.41, 5.74) is 1.13. The molecule has 2 rings (SSSR count). The summed E-state index contributed by atoms with van der Waals surface area (Å²) in [6.07, 6.45) is 1.44. The number of hydrogen-bond acceptors (Lipinski definition) is 4. The maximum Gasteiger partial charge on any atom is 0.292 e. The fraction of sp³-hybridized carbons (Fsp3) is 0.455. The fourth-order valence-corrected chi connectivity index (χ4v) is 1.53. The van der Waals surface area contributed by atoms with Crippen LogP contribution in [0, 0.1) is 10.1 Å². The fourth-order valence-electron chi connectivity index (χ4n) is 1.53. The van der Waals surface area contributed by atoms with E-state index in [0.717, 1.165) is 12.8 Å². The molecule has 5 heteroatoms. The van der Waals surface area contributed by atoms with Gasteiger partial charge in [-0.1, -0.05) is 6.07 Å². The van der Waals surface area contributed by atoms with Crippen LogP contribution >= 0.6 is 0 Å². The number of rotatable bonds is 4. The molecule has 1 fully saturated rings. The Labute approximate surface area is 93.2 Å². The lowest BCUT2D eigenvalue weighted by Crippen LogP contribution is -2.05. The zero-order valence-electron chi connectivity index (χ0n) is 9.01. The Hall–Kier alpha value is -1.62. The standard InChI is InChI=1S/C11H14N2O3/c1-7(14)8-2-5-10(12-9-3-4-9)11(6-8)13(15)16/h2,5-7,9,12,14H,3-4H2,1H3/t7-/m1/s1. The molecule has 86 valence electrons. The largest absolute Gasteiger partial charge is 0.389 e. The Bertz CT molecular complexity index is 414. The monoisotopic (exact) mass is 222 g/mol. The van der Waals surface area contributed by atoms with Gasteiger partial charge in [0.2, 0.25) is 0 Å². The number of aliphatic hydroxyl groups is 1. The summed E-state index contributed by atoms with van der Waals surface area (Å²) < 4.78 is 0. The van der Waals surface area contributed by atoms with Gasteiger partial charge in [0.25, 0.3) is 5.69 Å². The van der Waals surface area contributed by atoms with Gasteiger partial charge < -0.3 is 10.4 Å². The number of hydrogen-bond donors (Lipinski definition) is 2. The predicted molar refractivity (Wildman–Crippen MR) is 60.4 cm³/mol. The number of benzene rings is 1. The third-order valence-electron chi connectivity index (χ3n) is 2.64. The van der Waals surface area contributed by atoms with Crippen molar-refractivity contribution in [2.45, 2.75) is 31.9 Å². The van der Waals surface area contributed by atoms with Crippen molar-refractivity contribution < 1.29 is 10.0 Å². The minimum Gasteiger partial charge on any atom is -0.389 e. The Morgan fingerprint density at radius 1 is 1.56 bits per heavy atom. The van der Waals surface area contributed by atoms with Crippen molar-refractivity contribution in [3.05, 3.63) is 33.9 Å². The first-order valence-electron chi connectivity index (χ1n) is 5.31. The van der Waals surface area contributed by atoms with E-state index >= 15 is 0 Å². The van der Waals surface area contributed by atoms with Crippen molar-refractivity contribution in [1.29, 1.82) is 0 Å². The molecule has 0 radical (unpaired) electrons. The van der Waals surface area contributed by atoms with E-state index in [-0.39, 0.29) is 5.69 Å². The highest BCUT2D eigenvalue weighted by molar-refractivity contribution is 5.63. The van der Waals surface area contributed by atoms with E-state index in [4.69, 9.17) is 0 Å². The summed E-state index contributed by atoms with van der Waals surface area (Å²) in [5.74, 6) is 0. The van der Waals surface area contributed by atoms with Crippen LogP contribution in [-0.2, 0) is 0 Å². The highest BCUT2D eigenvalue weighted by Gasteiger charge is 2.25. The third kappa shape index (κ3) is 2.30. The van der Waals surface area contributed by atoms with Crippen LogP contribution in [0.1, 0.15) is 31.4 Å². The summed E-state index contributed by atoms with van der Waals surface area (Å²) in [6, 6.07) is 5.17. The second kappa shape index (κ2) is 4.09. The van der Waals surface area contributed by atoms with E-state index < -0.39 is 11.0 Å². The minimum atomic E-state index is -0.686. The Kier molecular flexibility index (Phi) is 2.78. The van der Waals surface area contributed by atoms with Gasteiger partial charge in [-0.15, -0.1) is 0 Å². The molecule has 1 aromatic rings. The summed E-state index contributed by atoms with van der Waals surface area (Å²) in [6.45, 7) is 1.59. The van der Waals surface area contributed by atoms with E-state index in [2.05, 4.69) is 5.32 Å². The molecule has 0 heterocycles. The molecular weight excluding hydrogens is 208 g/mol. The van der Waals surface area contributed by atoms with Gasteiger partial charge in [0.1, 0.15) is 5.69 Å². The smallest absolute Gasteiger partial charge is 0.292 e. The molecule has 0 bridgehead atoms. The predicted octanol–water partition coefficient (Wildman–Crippen LogP) is 2.22. The van der Waals surface area contributed by atoms with Crippen LogP contribution in [0.2, 0.25) is 0 Å². The second-order valence-corrected chi connectivity index (χ2v) is 4.13. The Morgan fingerprint density at radius 2 is 2.25 bits per heavy atom. The topological polar surface area (TPSA) is 75.4 Å². The van der Waals surface area contributed by atoms with Gasteiger partial charge in [0.05, 0.1) is 11.0 Å². The molecule has 0 spiro atoms. The maximum absolute atomic E-state index is 10.9. The normalized spacial score (nSPS) is 16.9. The number of nitrogens with zero attached hydrogens (tertiary/aromatic N) is 1. The first-order valence-corrected chi connectivity index (χ1v) is 5.31. The van der Waals surface area contributed by atoms with Crippen LogP contribution in [0.3, 0.4) is 0 Å². The van der Waals surface area contributed by atoms with Crippen LogP contribution in [-0.4, -0.2) is 16.1 Å². The van der Waals surface area contributed by atoms with E-state index in [9.17, 15) is 15.2 Å². The lowest BCUT2D eigenvalue weighted by Gasteiger charge is -2.09. The molecule has 0 aromatic heterocycles. The van der Waals surface area contributed by atoms with E-state index in [0.29, 0.717) is 17.3 Å². The first kappa shape index (κ1) is 10.9. The second-order valence-electron chi connectivity index (χ2n) is 4.13. The highest BCUT2D eigenvalue weighted by Crippen LogP contribution is 2.32.